The molecule has 86 valence electrons. The van der Waals surface area contributed by atoms with Crippen LogP contribution in [-0.2, 0) is 6.42 Å². The number of hydrogen-bond acceptors (Lipinski definition) is 4. The number of thiocarbonyl (C=S) groups is 1. The Bertz CT molecular complexity index is 450. The summed E-state index contributed by atoms with van der Waals surface area (Å²) in [6.07, 6.45) is 5.62. The number of nitrogens with two attached hydrogens (primary N) is 1. The number of Topliss-reactive ketones (excluding diaryl/α,β-unsaturated/α-hetero) is 1. The lowest BCUT2D eigenvalue weighted by atomic mass is 10.1. The van der Waals surface area contributed by atoms with Crippen LogP contribution in [0.15, 0.2) is 4.21 Å². The highest BCUT2D eigenvalue weighted by Gasteiger charge is 2.25. The summed E-state index contributed by atoms with van der Waals surface area (Å²) in [4.78, 5) is 13.4. The van der Waals surface area contributed by atoms with Crippen molar-refractivity contribution in [3.05, 3.63) is 16.0 Å². The maximum atomic E-state index is 12.0. The van der Waals surface area contributed by atoms with E-state index >= 15 is 0 Å². The zero-order valence-electron chi connectivity index (χ0n) is 9.04. The topological polar surface area (TPSA) is 43.1 Å². The Hall–Kier alpha value is -0.390. The van der Waals surface area contributed by atoms with Crippen molar-refractivity contribution in [1.29, 1.82) is 0 Å². The smallest absolute Gasteiger partial charge is 0.165 e. The number of carbonyl (C=O) groups excluding carboxylic acids is 1. The molecule has 16 heavy (non-hydrogen) atoms. The van der Waals surface area contributed by atoms with Gasteiger partial charge >= 0.3 is 0 Å². The highest BCUT2D eigenvalue weighted by molar-refractivity contribution is 8.00. The monoisotopic (exact) mass is 271 g/mol. The quantitative estimate of drug-likeness (QED) is 0.510. The summed E-state index contributed by atoms with van der Waals surface area (Å²) >= 11 is 8.25. The molecule has 1 aromatic rings. The van der Waals surface area contributed by atoms with Crippen LogP contribution in [0.1, 0.15) is 40.1 Å². The van der Waals surface area contributed by atoms with Gasteiger partial charge in [-0.3, -0.25) is 4.79 Å². The minimum absolute atomic E-state index is 0.260. The fourth-order valence-corrected chi connectivity index (χ4v) is 4.24. The molecule has 2 N–H and O–H groups in total. The first-order valence-electron chi connectivity index (χ1n) is 5.17. The maximum Gasteiger partial charge on any atom is 0.165 e. The number of hydrogen-bond donors (Lipinski definition) is 1. The van der Waals surface area contributed by atoms with Gasteiger partial charge in [0, 0.05) is 12.0 Å². The van der Waals surface area contributed by atoms with Crippen molar-refractivity contribution >= 4 is 46.1 Å². The number of fused-ring (bicyclic) bond motifs is 1. The minimum atomic E-state index is 0.260. The second kappa shape index (κ2) is 4.85. The van der Waals surface area contributed by atoms with Gasteiger partial charge in [-0.2, -0.15) is 0 Å². The van der Waals surface area contributed by atoms with Gasteiger partial charge in [0.1, 0.15) is 4.99 Å². The van der Waals surface area contributed by atoms with E-state index in [-0.39, 0.29) is 5.78 Å². The van der Waals surface area contributed by atoms with Gasteiger partial charge in [0.15, 0.2) is 5.78 Å². The van der Waals surface area contributed by atoms with Crippen LogP contribution in [-0.4, -0.2) is 17.0 Å². The maximum absolute atomic E-state index is 12.0. The van der Waals surface area contributed by atoms with Crippen molar-refractivity contribution in [1.82, 2.24) is 0 Å². The lowest BCUT2D eigenvalue weighted by Crippen LogP contribution is -2.10. The Morgan fingerprint density at radius 1 is 1.44 bits per heavy atom. The third kappa shape index (κ3) is 2.04. The first kappa shape index (κ1) is 12.1. The molecule has 0 atom stereocenters. The van der Waals surface area contributed by atoms with E-state index in [9.17, 15) is 4.79 Å². The summed E-state index contributed by atoms with van der Waals surface area (Å²) in [5.74, 6) is 0.260. The molecule has 0 fully saturated rings. The molecular formula is C11H13NOS3. The van der Waals surface area contributed by atoms with E-state index < -0.39 is 0 Å². The van der Waals surface area contributed by atoms with E-state index in [0.29, 0.717) is 11.4 Å². The zero-order chi connectivity index (χ0) is 11.7. The Morgan fingerprint density at radius 2 is 2.12 bits per heavy atom. The van der Waals surface area contributed by atoms with Gasteiger partial charge in [0.2, 0.25) is 0 Å². The highest BCUT2D eigenvalue weighted by Crippen LogP contribution is 2.38. The fraction of sp³-hybridized carbons (Fsp3) is 0.455. The van der Waals surface area contributed by atoms with E-state index in [1.165, 1.54) is 0 Å². The third-order valence-electron chi connectivity index (χ3n) is 2.74. The zero-order valence-corrected chi connectivity index (χ0v) is 11.5. The first-order valence-corrected chi connectivity index (χ1v) is 7.62. The van der Waals surface area contributed by atoms with Gasteiger partial charge in [-0.05, 0) is 31.1 Å². The number of ketones is 1. The van der Waals surface area contributed by atoms with Crippen LogP contribution in [0.3, 0.4) is 0 Å². The molecule has 0 radical (unpaired) electrons. The summed E-state index contributed by atoms with van der Waals surface area (Å²) < 4.78 is 1.07. The fourth-order valence-electron chi connectivity index (χ4n) is 2.02. The second-order valence-electron chi connectivity index (χ2n) is 3.77. The van der Waals surface area contributed by atoms with Gasteiger partial charge < -0.3 is 5.73 Å². The highest BCUT2D eigenvalue weighted by atomic mass is 32.2. The Balaban J connectivity index is 2.61. The second-order valence-corrected chi connectivity index (χ2v) is 6.31. The van der Waals surface area contributed by atoms with Crippen LogP contribution < -0.4 is 5.73 Å². The van der Waals surface area contributed by atoms with Crippen LogP contribution >= 0.6 is 35.3 Å². The van der Waals surface area contributed by atoms with Gasteiger partial charge in [-0.25, -0.2) is 0 Å². The Kier molecular flexibility index (Phi) is 3.66. The van der Waals surface area contributed by atoms with Crippen molar-refractivity contribution in [3.63, 3.8) is 0 Å². The molecule has 0 aliphatic heterocycles. The van der Waals surface area contributed by atoms with Crippen molar-refractivity contribution in [3.8, 4) is 0 Å². The van der Waals surface area contributed by atoms with Crippen LogP contribution in [0.5, 0.6) is 0 Å². The van der Waals surface area contributed by atoms with Gasteiger partial charge in [-0.1, -0.05) is 12.2 Å². The SMILES string of the molecule is CSc1sc(C(N)=S)c2c1C(=O)CCCC2. The predicted octanol–water partition coefficient (Wildman–Crippen LogP) is 3.01. The van der Waals surface area contributed by atoms with Gasteiger partial charge in [0.05, 0.1) is 9.09 Å². The molecule has 5 heteroatoms. The van der Waals surface area contributed by atoms with Crippen LogP contribution in [0, 0.1) is 0 Å². The molecule has 0 aromatic carbocycles. The van der Waals surface area contributed by atoms with Crippen molar-refractivity contribution in [2.24, 2.45) is 5.73 Å². The summed E-state index contributed by atoms with van der Waals surface area (Å²) in [6.45, 7) is 0. The number of thiophene rings is 1. The van der Waals surface area contributed by atoms with Crippen LogP contribution in [0.2, 0.25) is 0 Å². The van der Waals surface area contributed by atoms with E-state index in [1.807, 2.05) is 6.26 Å². The van der Waals surface area contributed by atoms with Crippen LogP contribution in [0.25, 0.3) is 0 Å². The first-order chi connectivity index (χ1) is 7.65. The van der Waals surface area contributed by atoms with Gasteiger partial charge in [-0.15, -0.1) is 23.1 Å². The molecule has 0 bridgehead atoms. The summed E-state index contributed by atoms with van der Waals surface area (Å²) in [5, 5.41) is 0. The molecule has 0 saturated heterocycles. The average Bonchev–Trinajstić information content (AvgIpc) is 2.53. The molecule has 1 aliphatic carbocycles. The molecule has 2 nitrogen and oxygen atoms in total. The number of thioether (sulfide) groups is 1. The van der Waals surface area contributed by atoms with E-state index in [2.05, 4.69) is 0 Å². The largest absolute Gasteiger partial charge is 0.389 e. The molecule has 0 spiro atoms. The van der Waals surface area contributed by atoms with E-state index in [1.54, 1.807) is 23.1 Å². The van der Waals surface area contributed by atoms with Crippen molar-refractivity contribution in [2.75, 3.05) is 6.26 Å². The van der Waals surface area contributed by atoms with Crippen LogP contribution in [0.4, 0.5) is 0 Å². The van der Waals surface area contributed by atoms with Crippen molar-refractivity contribution in [2.45, 2.75) is 29.9 Å². The molecule has 2 rings (SSSR count). The molecule has 1 aromatic heterocycles. The number of carbonyl (C=O) groups is 1. The lowest BCUT2D eigenvalue weighted by molar-refractivity contribution is 0.0980. The Morgan fingerprint density at radius 3 is 2.75 bits per heavy atom. The van der Waals surface area contributed by atoms with Crippen molar-refractivity contribution < 1.29 is 4.79 Å². The molecule has 1 aliphatic rings. The van der Waals surface area contributed by atoms with E-state index in [4.69, 9.17) is 18.0 Å². The summed E-state index contributed by atoms with van der Waals surface area (Å²) in [5.41, 5.74) is 7.73. The third-order valence-corrected chi connectivity index (χ3v) is 5.46. The summed E-state index contributed by atoms with van der Waals surface area (Å²) in [6, 6.07) is 0. The number of rotatable bonds is 2. The van der Waals surface area contributed by atoms with Gasteiger partial charge in [0.25, 0.3) is 0 Å². The predicted molar refractivity (Wildman–Crippen MR) is 73.9 cm³/mol. The standard InChI is InChI=1S/C11H13NOS3/c1-15-11-8-6(9(16-11)10(12)14)4-2-3-5-7(8)13/h2-5H2,1H3,(H2,12,14). The molecule has 0 amide bonds. The average molecular weight is 271 g/mol. The Labute approximate surface area is 109 Å². The van der Waals surface area contributed by atoms with E-state index in [0.717, 1.165) is 39.5 Å². The molecular weight excluding hydrogens is 258 g/mol. The molecule has 0 unspecified atom stereocenters. The molecule has 1 heterocycles. The lowest BCUT2D eigenvalue weighted by Gasteiger charge is -2.01. The summed E-state index contributed by atoms with van der Waals surface area (Å²) in [7, 11) is 0. The normalized spacial score (nSPS) is 15.7. The minimum Gasteiger partial charge on any atom is -0.389 e. The molecule has 0 saturated carbocycles.